The number of carbonyl (C=O) groups excluding carboxylic acids is 4. The largest absolute Gasteiger partial charge is 0.502 e. The minimum absolute atomic E-state index is 0.00407. The van der Waals surface area contributed by atoms with Gasteiger partial charge < -0.3 is 14.6 Å². The molecule has 2 aliphatic carbocycles. The Bertz CT molecular complexity index is 1880. The Morgan fingerprint density at radius 1 is 0.830 bits per heavy atom. The van der Waals surface area contributed by atoms with Gasteiger partial charge in [0, 0.05) is 10.9 Å². The molecular formula is C34H26Cl3FN2O7. The van der Waals surface area contributed by atoms with Crippen LogP contribution in [0.15, 0.2) is 72.3 Å². The van der Waals surface area contributed by atoms with E-state index >= 15 is 0 Å². The van der Waals surface area contributed by atoms with Crippen LogP contribution < -0.4 is 19.3 Å². The van der Waals surface area contributed by atoms with Crippen molar-refractivity contribution in [3.63, 3.8) is 0 Å². The van der Waals surface area contributed by atoms with Gasteiger partial charge in [0.05, 0.1) is 37.4 Å². The molecule has 4 amide bonds. The summed E-state index contributed by atoms with van der Waals surface area (Å²) in [7, 11) is 2.67. The van der Waals surface area contributed by atoms with Crippen LogP contribution in [0, 0.1) is 23.6 Å². The predicted molar refractivity (Wildman–Crippen MR) is 172 cm³/mol. The topological polar surface area (TPSA) is 113 Å². The normalized spacial score (nSPS) is 29.8. The lowest BCUT2D eigenvalue weighted by atomic mass is 9.56. The van der Waals surface area contributed by atoms with E-state index in [1.165, 1.54) is 38.5 Å². The van der Waals surface area contributed by atoms with Crippen molar-refractivity contribution in [3.8, 4) is 17.2 Å². The first-order chi connectivity index (χ1) is 22.4. The monoisotopic (exact) mass is 698 g/mol. The summed E-state index contributed by atoms with van der Waals surface area (Å²) in [6, 6.07) is 14.0. The standard InChI is InChI=1S/C34H26Cl3FN2O7/c1-46-24-13-16(14-25(47-2)28(24)41)27-21-11-12-22-26(30(43)39(29(22)42)19-7-3-17(35)4-8-19)23(21)15-33(36)31(44)40(32(45)34(27,33)37)20-9-5-18(38)6-10-20/h3-11,13-14,22-23,26-27,41H,12,15H2,1-2H3. The number of anilines is 2. The van der Waals surface area contributed by atoms with E-state index in [1.807, 2.05) is 0 Å². The van der Waals surface area contributed by atoms with Gasteiger partial charge in [0.25, 0.3) is 11.8 Å². The summed E-state index contributed by atoms with van der Waals surface area (Å²) in [4.78, 5) is 54.6. The van der Waals surface area contributed by atoms with E-state index in [0.717, 1.165) is 21.9 Å². The highest BCUT2D eigenvalue weighted by Gasteiger charge is 2.76. The number of phenolic OH excluding ortho intramolecular Hbond substituents is 1. The van der Waals surface area contributed by atoms with E-state index in [1.54, 1.807) is 30.3 Å². The number of nitrogens with zero attached hydrogens (tertiary/aromatic N) is 2. The molecule has 13 heteroatoms. The van der Waals surface area contributed by atoms with Gasteiger partial charge in [-0.2, -0.15) is 0 Å². The maximum absolute atomic E-state index is 14.5. The van der Waals surface area contributed by atoms with Crippen LogP contribution in [0.3, 0.4) is 0 Å². The van der Waals surface area contributed by atoms with Gasteiger partial charge in [0.2, 0.25) is 17.6 Å². The molecule has 1 saturated carbocycles. The molecule has 242 valence electrons. The number of imide groups is 2. The zero-order chi connectivity index (χ0) is 33.6. The molecule has 6 atom stereocenters. The number of amides is 4. The summed E-state index contributed by atoms with van der Waals surface area (Å²) in [5.74, 6) is -7.10. The Balaban J connectivity index is 1.43. The summed E-state index contributed by atoms with van der Waals surface area (Å²) < 4.78 is 24.7. The molecule has 3 aromatic carbocycles. The van der Waals surface area contributed by atoms with Gasteiger partial charge in [-0.05, 0) is 85.0 Å². The molecule has 0 aromatic heterocycles. The number of ether oxygens (including phenoxy) is 2. The second-order valence-electron chi connectivity index (χ2n) is 12.0. The minimum atomic E-state index is -2.16. The number of fused-ring (bicyclic) bond motifs is 4. The third-order valence-electron chi connectivity index (χ3n) is 9.82. The van der Waals surface area contributed by atoms with E-state index in [-0.39, 0.29) is 35.8 Å². The van der Waals surface area contributed by atoms with Gasteiger partial charge in [-0.25, -0.2) is 9.29 Å². The summed E-state index contributed by atoms with van der Waals surface area (Å²) >= 11 is 20.9. The smallest absolute Gasteiger partial charge is 0.258 e. The zero-order valence-corrected chi connectivity index (χ0v) is 27.1. The van der Waals surface area contributed by atoms with Crippen molar-refractivity contribution >= 4 is 69.8 Å². The maximum Gasteiger partial charge on any atom is 0.258 e. The number of halogens is 4. The highest BCUT2D eigenvalue weighted by Crippen LogP contribution is 2.66. The minimum Gasteiger partial charge on any atom is -0.502 e. The number of hydrogen-bond acceptors (Lipinski definition) is 7. The molecule has 47 heavy (non-hydrogen) atoms. The molecule has 3 fully saturated rings. The van der Waals surface area contributed by atoms with Gasteiger partial charge in [0.1, 0.15) is 5.82 Å². The Kier molecular flexibility index (Phi) is 7.35. The van der Waals surface area contributed by atoms with Crippen LogP contribution in [0.5, 0.6) is 17.2 Å². The number of allylic oxidation sites excluding steroid dienone is 2. The molecule has 0 spiro atoms. The Morgan fingerprint density at radius 3 is 2.00 bits per heavy atom. The van der Waals surface area contributed by atoms with Crippen molar-refractivity contribution in [2.45, 2.75) is 28.5 Å². The number of methoxy groups -OCH3 is 2. The fourth-order valence-corrected chi connectivity index (χ4v) is 8.76. The van der Waals surface area contributed by atoms with Gasteiger partial charge in [-0.15, -0.1) is 23.2 Å². The Morgan fingerprint density at radius 2 is 1.40 bits per heavy atom. The Labute approximate surface area is 283 Å². The van der Waals surface area contributed by atoms with E-state index in [0.29, 0.717) is 21.8 Å². The Hall–Kier alpha value is -4.12. The first-order valence-corrected chi connectivity index (χ1v) is 15.8. The number of benzene rings is 3. The lowest BCUT2D eigenvalue weighted by molar-refractivity contribution is -0.125. The molecule has 9 nitrogen and oxygen atoms in total. The highest BCUT2D eigenvalue weighted by molar-refractivity contribution is 6.58. The van der Waals surface area contributed by atoms with Gasteiger partial charge in [-0.1, -0.05) is 23.3 Å². The van der Waals surface area contributed by atoms with Crippen LogP contribution in [-0.2, 0) is 19.2 Å². The van der Waals surface area contributed by atoms with Gasteiger partial charge in [0.15, 0.2) is 21.2 Å². The van der Waals surface area contributed by atoms with Gasteiger partial charge >= 0.3 is 0 Å². The van der Waals surface area contributed by atoms with Crippen molar-refractivity contribution in [1.82, 2.24) is 0 Å². The quantitative estimate of drug-likeness (QED) is 0.198. The van der Waals surface area contributed by atoms with Crippen molar-refractivity contribution in [1.29, 1.82) is 0 Å². The van der Waals surface area contributed by atoms with Crippen LogP contribution in [0.2, 0.25) is 5.02 Å². The third-order valence-corrected chi connectivity index (χ3v) is 11.5. The summed E-state index contributed by atoms with van der Waals surface area (Å²) in [6.45, 7) is 0. The number of carbonyl (C=O) groups is 4. The molecule has 2 saturated heterocycles. The van der Waals surface area contributed by atoms with Crippen LogP contribution in [-0.4, -0.2) is 52.7 Å². The number of phenols is 1. The molecule has 3 aromatic rings. The van der Waals surface area contributed by atoms with Crippen molar-refractivity contribution < 1.29 is 38.1 Å². The van der Waals surface area contributed by atoms with Crippen LogP contribution >= 0.6 is 34.8 Å². The van der Waals surface area contributed by atoms with Crippen LogP contribution in [0.25, 0.3) is 0 Å². The number of alkyl halides is 2. The zero-order valence-electron chi connectivity index (χ0n) is 24.9. The summed E-state index contributed by atoms with van der Waals surface area (Å²) in [5, 5.41) is 11.1. The fraction of sp³-hybridized carbons (Fsp3) is 0.294. The van der Waals surface area contributed by atoms with E-state index < -0.39 is 62.9 Å². The molecular weight excluding hydrogens is 674 g/mol. The average molecular weight is 700 g/mol. The molecule has 4 aliphatic rings. The number of aromatic hydroxyl groups is 1. The lowest BCUT2D eigenvalue weighted by Crippen LogP contribution is -2.60. The number of rotatable bonds is 5. The van der Waals surface area contributed by atoms with Crippen LogP contribution in [0.4, 0.5) is 15.8 Å². The molecule has 2 heterocycles. The maximum atomic E-state index is 14.5. The molecule has 2 aliphatic heterocycles. The van der Waals surface area contributed by atoms with Crippen molar-refractivity contribution in [2.75, 3.05) is 24.0 Å². The number of hydrogen-bond donors (Lipinski definition) is 1. The summed E-state index contributed by atoms with van der Waals surface area (Å²) in [5.41, 5.74) is 1.27. The molecule has 7 rings (SSSR count). The third kappa shape index (κ3) is 4.27. The average Bonchev–Trinajstić information content (AvgIpc) is 3.40. The SMILES string of the molecule is COc1cc(C2C3=CCC4C(=O)N(c5ccc(Cl)cc5)C(=O)C4C3CC3(Cl)C(=O)N(c4ccc(F)cc4)C(=O)C23Cl)cc(OC)c1O. The molecule has 0 bridgehead atoms. The second kappa shape index (κ2) is 11.0. The molecule has 1 N–H and O–H groups in total. The van der Waals surface area contributed by atoms with Crippen molar-refractivity contribution in [2.24, 2.45) is 17.8 Å². The molecule has 6 unspecified atom stereocenters. The van der Waals surface area contributed by atoms with E-state index in [9.17, 15) is 28.7 Å². The van der Waals surface area contributed by atoms with Crippen molar-refractivity contribution in [3.05, 3.63) is 88.7 Å². The highest BCUT2D eigenvalue weighted by atomic mass is 35.5. The second-order valence-corrected chi connectivity index (χ2v) is 13.7. The van der Waals surface area contributed by atoms with Crippen LogP contribution in [0.1, 0.15) is 24.3 Å². The fourth-order valence-electron chi connectivity index (χ4n) is 7.70. The summed E-state index contributed by atoms with van der Waals surface area (Å²) in [6.07, 6.45) is 1.70. The molecule has 0 radical (unpaired) electrons. The predicted octanol–water partition coefficient (Wildman–Crippen LogP) is 5.97. The first kappa shape index (κ1) is 31.5. The first-order valence-electron chi connectivity index (χ1n) is 14.7. The van der Waals surface area contributed by atoms with E-state index in [2.05, 4.69) is 0 Å². The van der Waals surface area contributed by atoms with Gasteiger partial charge in [-0.3, -0.25) is 24.1 Å². The lowest BCUT2D eigenvalue weighted by Gasteiger charge is -2.50. The van der Waals surface area contributed by atoms with E-state index in [4.69, 9.17) is 44.3 Å².